The number of hydrogen-bond donors (Lipinski definition) is 2. The maximum absolute atomic E-state index is 12.1. The van der Waals surface area contributed by atoms with Crippen molar-refractivity contribution in [2.45, 2.75) is 11.1 Å². The topological polar surface area (TPSA) is 72.2 Å². The summed E-state index contributed by atoms with van der Waals surface area (Å²) in [5.41, 5.74) is 6.34. The molecule has 0 aliphatic carbocycles. The summed E-state index contributed by atoms with van der Waals surface area (Å²) >= 11 is 7.13. The molecule has 1 aromatic heterocycles. The summed E-state index contributed by atoms with van der Waals surface area (Å²) in [6.07, 6.45) is 0. The molecule has 96 valence electrons. The van der Waals surface area contributed by atoms with Gasteiger partial charge in [-0.05, 0) is 37.3 Å². The van der Waals surface area contributed by atoms with Gasteiger partial charge in [-0.1, -0.05) is 11.6 Å². The van der Waals surface area contributed by atoms with Gasteiger partial charge in [0.1, 0.15) is 4.21 Å². The number of nitrogen functional groups attached to an aromatic ring is 1. The van der Waals surface area contributed by atoms with E-state index in [2.05, 4.69) is 4.72 Å². The highest BCUT2D eigenvalue weighted by Crippen LogP contribution is 2.28. The van der Waals surface area contributed by atoms with Gasteiger partial charge in [-0.15, -0.1) is 11.3 Å². The SMILES string of the molecule is Cc1ccc(S(=O)(=O)Nc2ccc(N)cc2Cl)s1. The molecule has 18 heavy (non-hydrogen) atoms. The highest BCUT2D eigenvalue weighted by Gasteiger charge is 2.17. The first-order chi connectivity index (χ1) is 8.38. The monoisotopic (exact) mass is 302 g/mol. The van der Waals surface area contributed by atoms with Gasteiger partial charge in [0.15, 0.2) is 0 Å². The number of hydrogen-bond acceptors (Lipinski definition) is 4. The zero-order valence-corrected chi connectivity index (χ0v) is 11.9. The van der Waals surface area contributed by atoms with Gasteiger partial charge in [-0.25, -0.2) is 8.42 Å². The second-order valence-corrected chi connectivity index (χ2v) is 7.31. The summed E-state index contributed by atoms with van der Waals surface area (Å²) < 4.78 is 26.8. The molecule has 2 rings (SSSR count). The Balaban J connectivity index is 2.33. The lowest BCUT2D eigenvalue weighted by atomic mass is 10.3. The first kappa shape index (κ1) is 13.2. The summed E-state index contributed by atoms with van der Waals surface area (Å²) in [6, 6.07) is 7.94. The van der Waals surface area contributed by atoms with Gasteiger partial charge in [0.25, 0.3) is 10.0 Å². The van der Waals surface area contributed by atoms with Crippen molar-refractivity contribution in [1.29, 1.82) is 0 Å². The number of aryl methyl sites for hydroxylation is 1. The fraction of sp³-hybridized carbons (Fsp3) is 0.0909. The number of halogens is 1. The second-order valence-electron chi connectivity index (χ2n) is 3.71. The molecule has 1 aromatic carbocycles. The van der Waals surface area contributed by atoms with Gasteiger partial charge >= 0.3 is 0 Å². The lowest BCUT2D eigenvalue weighted by Crippen LogP contribution is -2.11. The summed E-state index contributed by atoms with van der Waals surface area (Å²) in [6.45, 7) is 1.85. The maximum Gasteiger partial charge on any atom is 0.271 e. The summed E-state index contributed by atoms with van der Waals surface area (Å²) in [7, 11) is -3.58. The average Bonchev–Trinajstić information content (AvgIpc) is 2.70. The third-order valence-electron chi connectivity index (χ3n) is 2.22. The first-order valence-electron chi connectivity index (χ1n) is 5.03. The Hall–Kier alpha value is -1.24. The molecule has 1 heterocycles. The zero-order chi connectivity index (χ0) is 13.3. The molecule has 0 bridgehead atoms. The molecule has 0 saturated heterocycles. The van der Waals surface area contributed by atoms with Crippen LogP contribution in [0.25, 0.3) is 0 Å². The predicted octanol–water partition coefficient (Wildman–Crippen LogP) is 3.09. The van der Waals surface area contributed by atoms with Gasteiger partial charge in [0.2, 0.25) is 0 Å². The molecule has 0 atom stereocenters. The van der Waals surface area contributed by atoms with Crippen LogP contribution in [0.1, 0.15) is 4.88 Å². The molecule has 0 aliphatic rings. The van der Waals surface area contributed by atoms with Crippen LogP contribution >= 0.6 is 22.9 Å². The molecule has 0 unspecified atom stereocenters. The van der Waals surface area contributed by atoms with E-state index in [1.807, 2.05) is 6.92 Å². The van der Waals surface area contributed by atoms with Crippen LogP contribution in [-0.2, 0) is 10.0 Å². The van der Waals surface area contributed by atoms with Gasteiger partial charge < -0.3 is 5.73 Å². The largest absolute Gasteiger partial charge is 0.399 e. The van der Waals surface area contributed by atoms with Crippen molar-refractivity contribution in [3.63, 3.8) is 0 Å². The standard InChI is InChI=1S/C11H11ClN2O2S2/c1-7-2-5-11(17-7)18(15,16)14-10-4-3-8(13)6-9(10)12/h2-6,14H,13H2,1H3. The second kappa shape index (κ2) is 4.79. The van der Waals surface area contributed by atoms with Crippen molar-refractivity contribution < 1.29 is 8.42 Å². The highest BCUT2D eigenvalue weighted by atomic mass is 35.5. The predicted molar refractivity (Wildman–Crippen MR) is 75.7 cm³/mol. The highest BCUT2D eigenvalue weighted by molar-refractivity contribution is 7.94. The van der Waals surface area contributed by atoms with Crippen molar-refractivity contribution in [1.82, 2.24) is 0 Å². The number of nitrogens with one attached hydrogen (secondary N) is 1. The van der Waals surface area contributed by atoms with Crippen molar-refractivity contribution >= 4 is 44.3 Å². The Bertz CT molecular complexity index is 680. The van der Waals surface area contributed by atoms with Crippen LogP contribution < -0.4 is 10.5 Å². The zero-order valence-electron chi connectivity index (χ0n) is 9.48. The van der Waals surface area contributed by atoms with Crippen molar-refractivity contribution in [2.24, 2.45) is 0 Å². The van der Waals surface area contributed by atoms with Gasteiger partial charge in [0.05, 0.1) is 10.7 Å². The van der Waals surface area contributed by atoms with Crippen LogP contribution in [-0.4, -0.2) is 8.42 Å². The van der Waals surface area contributed by atoms with Crippen molar-refractivity contribution in [3.8, 4) is 0 Å². The van der Waals surface area contributed by atoms with E-state index < -0.39 is 10.0 Å². The van der Waals surface area contributed by atoms with E-state index in [-0.39, 0.29) is 9.23 Å². The third kappa shape index (κ3) is 2.77. The molecule has 7 heteroatoms. The minimum absolute atomic E-state index is 0.257. The Labute approximate surface area is 114 Å². The van der Waals surface area contributed by atoms with Gasteiger partial charge in [0, 0.05) is 10.6 Å². The van der Waals surface area contributed by atoms with E-state index in [0.29, 0.717) is 11.4 Å². The number of benzene rings is 1. The van der Waals surface area contributed by atoms with Crippen molar-refractivity contribution in [3.05, 3.63) is 40.2 Å². The van der Waals surface area contributed by atoms with Crippen LogP contribution in [0, 0.1) is 6.92 Å². The molecule has 4 nitrogen and oxygen atoms in total. The normalized spacial score (nSPS) is 11.4. The number of anilines is 2. The fourth-order valence-electron chi connectivity index (χ4n) is 1.37. The Morgan fingerprint density at radius 3 is 2.56 bits per heavy atom. The first-order valence-corrected chi connectivity index (χ1v) is 7.70. The van der Waals surface area contributed by atoms with E-state index >= 15 is 0 Å². The number of rotatable bonds is 3. The van der Waals surface area contributed by atoms with Crippen LogP contribution in [0.3, 0.4) is 0 Å². The quantitative estimate of drug-likeness (QED) is 0.856. The lowest BCUT2D eigenvalue weighted by Gasteiger charge is -2.08. The van der Waals surface area contributed by atoms with Gasteiger partial charge in [-0.3, -0.25) is 4.72 Å². The summed E-state index contributed by atoms with van der Waals surface area (Å²) in [4.78, 5) is 0.929. The number of sulfonamides is 1. The molecule has 0 saturated carbocycles. The van der Waals surface area contributed by atoms with Crippen molar-refractivity contribution in [2.75, 3.05) is 10.5 Å². The van der Waals surface area contributed by atoms with Gasteiger partial charge in [-0.2, -0.15) is 0 Å². The Morgan fingerprint density at radius 1 is 1.28 bits per heavy atom. The van der Waals surface area contributed by atoms with Crippen LogP contribution in [0.2, 0.25) is 5.02 Å². The fourth-order valence-corrected chi connectivity index (χ4v) is 4.02. The molecule has 0 fully saturated rings. The molecule has 2 aromatic rings. The average molecular weight is 303 g/mol. The Morgan fingerprint density at radius 2 is 2.00 bits per heavy atom. The molecule has 0 spiro atoms. The molecule has 3 N–H and O–H groups in total. The maximum atomic E-state index is 12.1. The number of nitrogens with two attached hydrogens (primary N) is 1. The molecular formula is C11H11ClN2O2S2. The van der Waals surface area contributed by atoms with E-state index in [1.54, 1.807) is 18.2 Å². The van der Waals surface area contributed by atoms with Crippen LogP contribution in [0.5, 0.6) is 0 Å². The molecule has 0 aliphatic heterocycles. The summed E-state index contributed by atoms with van der Waals surface area (Å²) in [5, 5.41) is 0.270. The summed E-state index contributed by atoms with van der Waals surface area (Å²) in [5.74, 6) is 0. The lowest BCUT2D eigenvalue weighted by molar-refractivity contribution is 0.603. The molecular weight excluding hydrogens is 292 g/mol. The molecule has 0 amide bonds. The third-order valence-corrected chi connectivity index (χ3v) is 5.39. The van der Waals surface area contributed by atoms with E-state index in [9.17, 15) is 8.42 Å². The van der Waals surface area contributed by atoms with Crippen LogP contribution in [0.15, 0.2) is 34.5 Å². The minimum atomic E-state index is -3.58. The van der Waals surface area contributed by atoms with E-state index in [1.165, 1.54) is 23.5 Å². The van der Waals surface area contributed by atoms with E-state index in [0.717, 1.165) is 4.88 Å². The molecule has 0 radical (unpaired) electrons. The number of thiophene rings is 1. The smallest absolute Gasteiger partial charge is 0.271 e. The van der Waals surface area contributed by atoms with E-state index in [4.69, 9.17) is 17.3 Å². The minimum Gasteiger partial charge on any atom is -0.399 e. The van der Waals surface area contributed by atoms with Crippen LogP contribution in [0.4, 0.5) is 11.4 Å². The Kier molecular flexibility index (Phi) is 3.52.